The number of anilines is 2. The number of halogens is 1. The largest absolute Gasteiger partial charge is 0.372 e. The topological polar surface area (TPSA) is 78.0 Å². The summed E-state index contributed by atoms with van der Waals surface area (Å²) in [7, 11) is 0. The Kier molecular flexibility index (Phi) is 4.79. The van der Waals surface area contributed by atoms with E-state index in [1.165, 1.54) is 6.07 Å². The fraction of sp³-hybridized carbons (Fsp3) is 0.556. The minimum absolute atomic E-state index is 0.178. The number of ether oxygens (including phenoxy) is 1. The van der Waals surface area contributed by atoms with Crippen LogP contribution >= 0.6 is 0 Å². The number of hydrogen-bond donors (Lipinski definition) is 2. The average molecular weight is 347 g/mol. The minimum Gasteiger partial charge on any atom is -0.372 e. The molecule has 0 amide bonds. The quantitative estimate of drug-likeness (QED) is 0.868. The molecule has 2 aromatic rings. The van der Waals surface area contributed by atoms with Crippen molar-refractivity contribution < 1.29 is 9.13 Å². The Morgan fingerprint density at radius 2 is 2.08 bits per heavy atom. The van der Waals surface area contributed by atoms with Crippen LogP contribution in [0.2, 0.25) is 0 Å². The molecule has 0 saturated heterocycles. The van der Waals surface area contributed by atoms with Crippen LogP contribution in [0.3, 0.4) is 0 Å². The van der Waals surface area contributed by atoms with Crippen LogP contribution in [0.4, 0.5) is 16.0 Å². The van der Waals surface area contributed by atoms with E-state index in [-0.39, 0.29) is 23.5 Å². The van der Waals surface area contributed by atoms with E-state index in [0.29, 0.717) is 18.1 Å². The molecule has 25 heavy (non-hydrogen) atoms. The van der Waals surface area contributed by atoms with Gasteiger partial charge in [-0.1, -0.05) is 0 Å². The van der Waals surface area contributed by atoms with Gasteiger partial charge in [-0.3, -0.25) is 0 Å². The van der Waals surface area contributed by atoms with Crippen LogP contribution in [0.5, 0.6) is 0 Å². The van der Waals surface area contributed by atoms with Crippen molar-refractivity contribution in [3.8, 4) is 0 Å². The average Bonchev–Trinajstić information content (AvgIpc) is 2.86. The number of nitrogens with two attached hydrogens (primary N) is 1. The lowest BCUT2D eigenvalue weighted by Crippen LogP contribution is -2.41. The van der Waals surface area contributed by atoms with Crippen molar-refractivity contribution in [1.82, 2.24) is 14.8 Å². The zero-order chi connectivity index (χ0) is 18.2. The Balaban J connectivity index is 1.75. The molecule has 1 aliphatic carbocycles. The van der Waals surface area contributed by atoms with Gasteiger partial charge in [0.05, 0.1) is 29.6 Å². The van der Waals surface area contributed by atoms with Gasteiger partial charge in [-0.25, -0.2) is 14.1 Å². The molecule has 0 aliphatic heterocycles. The summed E-state index contributed by atoms with van der Waals surface area (Å²) in [5.41, 5.74) is 7.07. The molecule has 1 saturated carbocycles. The first-order valence-corrected chi connectivity index (χ1v) is 8.59. The van der Waals surface area contributed by atoms with Crippen LogP contribution in [0.25, 0.3) is 0 Å². The molecule has 0 spiro atoms. The van der Waals surface area contributed by atoms with Crippen molar-refractivity contribution in [2.24, 2.45) is 5.73 Å². The number of nitrogens with one attached hydrogen (secondary N) is 1. The maximum Gasteiger partial charge on any atom is 0.168 e. The van der Waals surface area contributed by atoms with Crippen molar-refractivity contribution >= 4 is 11.6 Å². The summed E-state index contributed by atoms with van der Waals surface area (Å²) in [4.78, 5) is 4.37. The summed E-state index contributed by atoms with van der Waals surface area (Å²) in [6.07, 6.45) is 1.93. The van der Waals surface area contributed by atoms with Crippen molar-refractivity contribution in [2.45, 2.75) is 64.8 Å². The van der Waals surface area contributed by atoms with Gasteiger partial charge in [-0.2, -0.15) is 5.10 Å². The van der Waals surface area contributed by atoms with E-state index >= 15 is 0 Å². The highest BCUT2D eigenvalue weighted by molar-refractivity contribution is 5.53. The normalized spacial score (nSPS) is 20.4. The standard InChI is InChI=1S/C18H26FN5O/c1-11-7-16(24(23-11)18(2,3)4)22-17-15(19)6-5-13(21-17)10-25-14-8-12(20)9-14/h5-7,12,14H,8-10,20H2,1-4H3,(H,21,22). The molecule has 0 bridgehead atoms. The Morgan fingerprint density at radius 1 is 1.36 bits per heavy atom. The summed E-state index contributed by atoms with van der Waals surface area (Å²) in [5, 5.41) is 7.55. The maximum absolute atomic E-state index is 14.2. The summed E-state index contributed by atoms with van der Waals surface area (Å²) < 4.78 is 21.8. The second-order valence-corrected chi connectivity index (χ2v) is 7.68. The number of aromatic nitrogens is 3. The third kappa shape index (κ3) is 4.16. The smallest absolute Gasteiger partial charge is 0.168 e. The molecule has 2 aromatic heterocycles. The number of hydrogen-bond acceptors (Lipinski definition) is 5. The van der Waals surface area contributed by atoms with E-state index in [9.17, 15) is 4.39 Å². The first-order valence-electron chi connectivity index (χ1n) is 8.59. The third-order valence-corrected chi connectivity index (χ3v) is 4.22. The zero-order valence-electron chi connectivity index (χ0n) is 15.2. The number of aryl methyl sites for hydroxylation is 1. The molecule has 0 unspecified atom stereocenters. The molecule has 136 valence electrons. The van der Waals surface area contributed by atoms with Gasteiger partial charge in [0.2, 0.25) is 0 Å². The predicted molar refractivity (Wildman–Crippen MR) is 95.2 cm³/mol. The van der Waals surface area contributed by atoms with Crippen LogP contribution in [0.15, 0.2) is 18.2 Å². The number of nitrogens with zero attached hydrogens (tertiary/aromatic N) is 3. The predicted octanol–water partition coefficient (Wildman–Crippen LogP) is 3.23. The van der Waals surface area contributed by atoms with Crippen LogP contribution in [0.1, 0.15) is 45.0 Å². The van der Waals surface area contributed by atoms with E-state index in [1.807, 2.05) is 38.4 Å². The zero-order valence-corrected chi connectivity index (χ0v) is 15.2. The first-order chi connectivity index (χ1) is 11.7. The fourth-order valence-corrected chi connectivity index (χ4v) is 2.82. The van der Waals surface area contributed by atoms with E-state index < -0.39 is 5.82 Å². The molecular formula is C18H26FN5O. The molecule has 0 aromatic carbocycles. The highest BCUT2D eigenvalue weighted by Crippen LogP contribution is 2.26. The van der Waals surface area contributed by atoms with Gasteiger partial charge in [0.25, 0.3) is 0 Å². The lowest BCUT2D eigenvalue weighted by Gasteiger charge is -2.32. The van der Waals surface area contributed by atoms with E-state index in [1.54, 1.807) is 6.07 Å². The van der Waals surface area contributed by atoms with Crippen molar-refractivity contribution in [3.63, 3.8) is 0 Å². The van der Waals surface area contributed by atoms with Gasteiger partial charge in [0.15, 0.2) is 11.6 Å². The SMILES string of the molecule is Cc1cc(Nc2nc(COC3CC(N)C3)ccc2F)n(C(C)(C)C)n1. The molecular weight excluding hydrogens is 321 g/mol. The lowest BCUT2D eigenvalue weighted by molar-refractivity contribution is -0.0201. The fourth-order valence-electron chi connectivity index (χ4n) is 2.82. The molecule has 1 aliphatic rings. The Bertz CT molecular complexity index is 746. The Hall–Kier alpha value is -1.99. The van der Waals surface area contributed by atoms with Crippen molar-refractivity contribution in [1.29, 1.82) is 0 Å². The van der Waals surface area contributed by atoms with Gasteiger partial charge < -0.3 is 15.8 Å². The van der Waals surface area contributed by atoms with Crippen LogP contribution < -0.4 is 11.1 Å². The van der Waals surface area contributed by atoms with Crippen molar-refractivity contribution in [3.05, 3.63) is 35.4 Å². The second-order valence-electron chi connectivity index (χ2n) is 7.68. The van der Waals surface area contributed by atoms with Gasteiger partial charge in [-0.15, -0.1) is 0 Å². The number of rotatable bonds is 5. The summed E-state index contributed by atoms with van der Waals surface area (Å²) in [6.45, 7) is 8.39. The molecule has 3 N–H and O–H groups in total. The highest BCUT2D eigenvalue weighted by atomic mass is 19.1. The molecule has 6 nitrogen and oxygen atoms in total. The van der Waals surface area contributed by atoms with Gasteiger partial charge in [-0.05, 0) is 52.7 Å². The van der Waals surface area contributed by atoms with Crippen LogP contribution in [0, 0.1) is 12.7 Å². The van der Waals surface area contributed by atoms with Crippen molar-refractivity contribution in [2.75, 3.05) is 5.32 Å². The molecule has 1 fully saturated rings. The Labute approximate surface area is 147 Å². The molecule has 0 radical (unpaired) electrons. The summed E-state index contributed by atoms with van der Waals surface area (Å²) in [6, 6.07) is 5.17. The van der Waals surface area contributed by atoms with E-state index in [0.717, 1.165) is 18.5 Å². The molecule has 7 heteroatoms. The van der Waals surface area contributed by atoms with Crippen LogP contribution in [-0.4, -0.2) is 26.9 Å². The monoisotopic (exact) mass is 347 g/mol. The molecule has 3 rings (SSSR count). The maximum atomic E-state index is 14.2. The van der Waals surface area contributed by atoms with Crippen LogP contribution in [-0.2, 0) is 16.9 Å². The first kappa shape index (κ1) is 17.8. The van der Waals surface area contributed by atoms with Gasteiger partial charge in [0.1, 0.15) is 5.82 Å². The summed E-state index contributed by atoms with van der Waals surface area (Å²) >= 11 is 0. The lowest BCUT2D eigenvalue weighted by atomic mass is 9.90. The molecule has 2 heterocycles. The third-order valence-electron chi connectivity index (χ3n) is 4.22. The Morgan fingerprint density at radius 3 is 2.72 bits per heavy atom. The van der Waals surface area contributed by atoms with E-state index in [2.05, 4.69) is 15.4 Å². The minimum atomic E-state index is -0.409. The van der Waals surface area contributed by atoms with E-state index in [4.69, 9.17) is 10.5 Å². The number of pyridine rings is 1. The van der Waals surface area contributed by atoms with Gasteiger partial charge >= 0.3 is 0 Å². The van der Waals surface area contributed by atoms with Gasteiger partial charge in [0, 0.05) is 12.1 Å². The summed E-state index contributed by atoms with van der Waals surface area (Å²) in [5.74, 6) is 0.477. The molecule has 0 atom stereocenters. The second kappa shape index (κ2) is 6.72. The highest BCUT2D eigenvalue weighted by Gasteiger charge is 2.26.